The van der Waals surface area contributed by atoms with E-state index in [1.807, 2.05) is 0 Å². The number of hydrogen-bond acceptors (Lipinski definition) is 0. The van der Waals surface area contributed by atoms with E-state index in [9.17, 15) is 0 Å². The molecule has 64 valence electrons. The van der Waals surface area contributed by atoms with E-state index in [0.717, 1.165) is 11.3 Å². The topological polar surface area (TPSA) is 0 Å². The predicted octanol–water partition coefficient (Wildman–Crippen LogP) is 3.22. The molecule has 2 rings (SSSR count). The lowest BCUT2D eigenvalue weighted by atomic mass is 9.85. The molecule has 0 aromatic rings. The maximum Gasteiger partial charge on any atom is -0.0266 e. The largest absolute Gasteiger partial charge is 0.138 e. The standard InChI is InChI=1S/C10H19P/c11-7-3-6-10-5-2-1-4-9(10)8-10/h9H,1-8,11H2. The van der Waals surface area contributed by atoms with Gasteiger partial charge in [-0.05, 0) is 49.6 Å². The van der Waals surface area contributed by atoms with Crippen molar-refractivity contribution in [2.45, 2.75) is 44.9 Å². The second-order valence-corrected chi connectivity index (χ2v) is 4.98. The van der Waals surface area contributed by atoms with Crippen molar-refractivity contribution < 1.29 is 0 Å². The summed E-state index contributed by atoms with van der Waals surface area (Å²) in [6.45, 7) is 0. The quantitative estimate of drug-likeness (QED) is 0.570. The first-order valence-electron chi connectivity index (χ1n) is 5.07. The molecule has 11 heavy (non-hydrogen) atoms. The summed E-state index contributed by atoms with van der Waals surface area (Å²) in [5, 5.41) is 0. The third-order valence-electron chi connectivity index (χ3n) is 3.71. The summed E-state index contributed by atoms with van der Waals surface area (Å²) in [5.74, 6) is 1.16. The van der Waals surface area contributed by atoms with Crippen molar-refractivity contribution in [3.63, 3.8) is 0 Å². The molecule has 0 amide bonds. The Bertz CT molecular complexity index is 144. The molecule has 0 spiro atoms. The van der Waals surface area contributed by atoms with E-state index in [-0.39, 0.29) is 0 Å². The van der Waals surface area contributed by atoms with E-state index in [2.05, 4.69) is 9.24 Å². The lowest BCUT2D eigenvalue weighted by molar-refractivity contribution is 0.314. The van der Waals surface area contributed by atoms with Gasteiger partial charge in [0, 0.05) is 0 Å². The van der Waals surface area contributed by atoms with Gasteiger partial charge in [0.1, 0.15) is 0 Å². The molecule has 0 aromatic carbocycles. The Balaban J connectivity index is 1.82. The Morgan fingerprint density at radius 2 is 2.27 bits per heavy atom. The van der Waals surface area contributed by atoms with Gasteiger partial charge in [0.15, 0.2) is 0 Å². The molecule has 2 aliphatic carbocycles. The van der Waals surface area contributed by atoms with Crippen LogP contribution >= 0.6 is 9.24 Å². The minimum Gasteiger partial charge on any atom is -0.138 e. The van der Waals surface area contributed by atoms with E-state index in [0.29, 0.717) is 0 Å². The Morgan fingerprint density at radius 3 is 3.00 bits per heavy atom. The Labute approximate surface area is 72.3 Å². The van der Waals surface area contributed by atoms with Crippen molar-refractivity contribution in [1.29, 1.82) is 0 Å². The summed E-state index contributed by atoms with van der Waals surface area (Å²) >= 11 is 0. The first kappa shape index (κ1) is 8.05. The van der Waals surface area contributed by atoms with Crippen molar-refractivity contribution in [3.8, 4) is 0 Å². The summed E-state index contributed by atoms with van der Waals surface area (Å²) < 4.78 is 0. The molecule has 0 saturated heterocycles. The molecular weight excluding hydrogens is 151 g/mol. The zero-order chi connectivity index (χ0) is 7.73. The SMILES string of the molecule is PCCCC12CCCCC1C2. The zero-order valence-electron chi connectivity index (χ0n) is 7.31. The first-order valence-corrected chi connectivity index (χ1v) is 5.89. The van der Waals surface area contributed by atoms with Crippen LogP contribution in [0.5, 0.6) is 0 Å². The minimum absolute atomic E-state index is 0.884. The van der Waals surface area contributed by atoms with Crippen LogP contribution in [0.15, 0.2) is 0 Å². The van der Waals surface area contributed by atoms with Crippen molar-refractivity contribution in [1.82, 2.24) is 0 Å². The summed E-state index contributed by atoms with van der Waals surface area (Å²) in [4.78, 5) is 0. The van der Waals surface area contributed by atoms with Gasteiger partial charge in [0.2, 0.25) is 0 Å². The third-order valence-corrected chi connectivity index (χ3v) is 4.12. The first-order chi connectivity index (χ1) is 5.37. The average molecular weight is 170 g/mol. The number of rotatable bonds is 3. The smallest absolute Gasteiger partial charge is 0.0266 e. The summed E-state index contributed by atoms with van der Waals surface area (Å²) in [6.07, 6.45) is 12.0. The van der Waals surface area contributed by atoms with E-state index >= 15 is 0 Å². The number of hydrogen-bond donors (Lipinski definition) is 0. The average Bonchev–Trinajstić information content (AvgIpc) is 2.75. The minimum atomic E-state index is 0.884. The zero-order valence-corrected chi connectivity index (χ0v) is 8.47. The molecular formula is C10H19P. The fraction of sp³-hybridized carbons (Fsp3) is 1.00. The molecule has 0 heterocycles. The highest BCUT2D eigenvalue weighted by Gasteiger charge is 2.53. The Morgan fingerprint density at radius 1 is 1.36 bits per heavy atom. The van der Waals surface area contributed by atoms with Crippen molar-refractivity contribution in [2.24, 2.45) is 11.3 Å². The molecule has 0 nitrogen and oxygen atoms in total. The highest BCUT2D eigenvalue weighted by molar-refractivity contribution is 7.16. The van der Waals surface area contributed by atoms with Crippen LogP contribution in [0, 0.1) is 11.3 Å². The van der Waals surface area contributed by atoms with Crippen LogP contribution in [0.1, 0.15) is 44.9 Å². The normalized spacial score (nSPS) is 41.7. The van der Waals surface area contributed by atoms with Gasteiger partial charge in [-0.2, -0.15) is 0 Å². The fourth-order valence-corrected chi connectivity index (χ4v) is 3.10. The lowest BCUT2D eigenvalue weighted by Gasteiger charge is -2.21. The van der Waals surface area contributed by atoms with Crippen LogP contribution in [0.3, 0.4) is 0 Å². The molecule has 2 fully saturated rings. The highest BCUT2D eigenvalue weighted by atomic mass is 31.0. The fourth-order valence-electron chi connectivity index (χ4n) is 2.90. The third kappa shape index (κ3) is 1.47. The molecule has 1 heteroatoms. The van der Waals surface area contributed by atoms with Gasteiger partial charge in [-0.15, -0.1) is 9.24 Å². The monoisotopic (exact) mass is 170 g/mol. The van der Waals surface area contributed by atoms with Gasteiger partial charge in [-0.3, -0.25) is 0 Å². The van der Waals surface area contributed by atoms with Gasteiger partial charge >= 0.3 is 0 Å². The maximum absolute atomic E-state index is 2.85. The summed E-state index contributed by atoms with van der Waals surface area (Å²) in [5.41, 5.74) is 0.884. The predicted molar refractivity (Wildman–Crippen MR) is 52.8 cm³/mol. The van der Waals surface area contributed by atoms with Crippen LogP contribution in [-0.2, 0) is 0 Å². The van der Waals surface area contributed by atoms with Gasteiger partial charge in [0.25, 0.3) is 0 Å². The van der Waals surface area contributed by atoms with E-state index in [1.165, 1.54) is 31.8 Å². The van der Waals surface area contributed by atoms with Gasteiger partial charge in [0.05, 0.1) is 0 Å². The number of fused-ring (bicyclic) bond motifs is 1. The van der Waals surface area contributed by atoms with Crippen molar-refractivity contribution >= 4 is 9.24 Å². The van der Waals surface area contributed by atoms with Gasteiger partial charge in [-0.25, -0.2) is 0 Å². The van der Waals surface area contributed by atoms with E-state index in [4.69, 9.17) is 0 Å². The van der Waals surface area contributed by atoms with Crippen LogP contribution in [0.25, 0.3) is 0 Å². The van der Waals surface area contributed by atoms with E-state index in [1.54, 1.807) is 19.3 Å². The maximum atomic E-state index is 2.85. The van der Waals surface area contributed by atoms with Crippen LogP contribution in [0.4, 0.5) is 0 Å². The Hall–Kier alpha value is 0.430. The lowest BCUT2D eigenvalue weighted by Crippen LogP contribution is -2.09. The van der Waals surface area contributed by atoms with Crippen LogP contribution < -0.4 is 0 Å². The summed E-state index contributed by atoms with van der Waals surface area (Å²) in [7, 11) is 2.85. The molecule has 3 atom stereocenters. The second-order valence-electron chi connectivity index (χ2n) is 4.40. The molecule has 0 radical (unpaired) electrons. The van der Waals surface area contributed by atoms with E-state index < -0.39 is 0 Å². The molecule has 0 bridgehead atoms. The Kier molecular flexibility index (Phi) is 2.23. The van der Waals surface area contributed by atoms with Gasteiger partial charge in [-0.1, -0.05) is 12.8 Å². The molecule has 2 aliphatic rings. The molecule has 0 N–H and O–H groups in total. The van der Waals surface area contributed by atoms with Crippen LogP contribution in [0.2, 0.25) is 0 Å². The van der Waals surface area contributed by atoms with Crippen molar-refractivity contribution in [2.75, 3.05) is 6.16 Å². The molecule has 3 unspecified atom stereocenters. The van der Waals surface area contributed by atoms with Crippen molar-refractivity contribution in [3.05, 3.63) is 0 Å². The molecule has 0 aliphatic heterocycles. The van der Waals surface area contributed by atoms with Crippen LogP contribution in [-0.4, -0.2) is 6.16 Å². The highest BCUT2D eigenvalue weighted by Crippen LogP contribution is 2.63. The second kappa shape index (κ2) is 3.05. The van der Waals surface area contributed by atoms with Gasteiger partial charge < -0.3 is 0 Å². The molecule has 2 saturated carbocycles. The molecule has 0 aromatic heterocycles. The summed E-state index contributed by atoms with van der Waals surface area (Å²) in [6, 6.07) is 0.